The van der Waals surface area contributed by atoms with E-state index in [-0.39, 0.29) is 41.4 Å². The van der Waals surface area contributed by atoms with Crippen molar-refractivity contribution in [3.8, 4) is 0 Å². The summed E-state index contributed by atoms with van der Waals surface area (Å²) in [6, 6.07) is 16.4. The number of aromatic amines is 2. The topological polar surface area (TPSA) is 183 Å². The molecule has 3 aromatic rings. The average Bonchev–Trinajstić information content (AvgIpc) is 3.32. The predicted octanol–water partition coefficient (Wildman–Crippen LogP) is 1.35. The van der Waals surface area contributed by atoms with Crippen LogP contribution in [0.3, 0.4) is 0 Å². The largest absolute Gasteiger partial charge is 0.412 e. The Bertz CT molecular complexity index is 1090. The van der Waals surface area contributed by atoms with E-state index in [0.717, 1.165) is 44.8 Å². The molecule has 0 saturated carbocycles. The van der Waals surface area contributed by atoms with Crippen LogP contribution in [0.15, 0.2) is 48.5 Å². The molecule has 0 aromatic carbocycles. The minimum Gasteiger partial charge on any atom is -0.412 e. The second-order valence-corrected chi connectivity index (χ2v) is 5.91. The third-order valence-electron chi connectivity index (χ3n) is 4.04. The Morgan fingerprint density at radius 1 is 0.448 bits per heavy atom. The fourth-order valence-corrected chi connectivity index (χ4v) is 2.94. The fraction of sp³-hybridized carbons (Fsp3) is 0. The maximum absolute atomic E-state index is 4.62. The molecule has 148 valence electrons. The molecule has 0 atom stereocenters. The van der Waals surface area contributed by atoms with Crippen LogP contribution in [0.2, 0.25) is 0 Å². The van der Waals surface area contributed by atoms with E-state index < -0.39 is 0 Å². The first-order chi connectivity index (χ1) is 11.8. The quantitative estimate of drug-likeness (QED) is 0.340. The van der Waals surface area contributed by atoms with Gasteiger partial charge in [0, 0.05) is 41.5 Å². The van der Waals surface area contributed by atoms with Crippen LogP contribution in [0, 0.1) is 0 Å². The van der Waals surface area contributed by atoms with E-state index >= 15 is 0 Å². The van der Waals surface area contributed by atoms with Crippen LogP contribution >= 0.6 is 0 Å². The van der Waals surface area contributed by atoms with Crippen molar-refractivity contribution in [1.82, 2.24) is 19.9 Å². The summed E-state index contributed by atoms with van der Waals surface area (Å²) in [5, 5.41) is 0. The molecule has 0 fully saturated rings. The maximum Gasteiger partial charge on any atom is 0.0659 e. The van der Waals surface area contributed by atoms with Gasteiger partial charge in [0.15, 0.2) is 0 Å². The molecule has 10 N–H and O–H groups in total. The van der Waals surface area contributed by atoms with Gasteiger partial charge in [-0.2, -0.15) is 0 Å². The molecule has 0 aliphatic carbocycles. The Hall–Kier alpha value is -2.94. The molecule has 3 aromatic heterocycles. The molecule has 5 heterocycles. The molecule has 29 heavy (non-hydrogen) atoms. The monoisotopic (exact) mass is 446 g/mol. The summed E-state index contributed by atoms with van der Waals surface area (Å²) in [6.07, 6.45) is 8.05. The number of rotatable bonds is 0. The van der Waals surface area contributed by atoms with Crippen molar-refractivity contribution in [2.24, 2.45) is 0 Å². The Kier molecular flexibility index (Phi) is 9.50. The summed E-state index contributed by atoms with van der Waals surface area (Å²) in [7, 11) is 0. The second kappa shape index (κ2) is 10.6. The molecular weight excluding hydrogens is 426 g/mol. The van der Waals surface area contributed by atoms with Gasteiger partial charge in [0.25, 0.3) is 0 Å². The van der Waals surface area contributed by atoms with E-state index in [4.69, 9.17) is 0 Å². The first kappa shape index (κ1) is 26.1. The Morgan fingerprint density at radius 2 is 0.759 bits per heavy atom. The van der Waals surface area contributed by atoms with Crippen molar-refractivity contribution in [3.05, 3.63) is 71.3 Å². The number of nitrogens with one attached hydrogen (secondary N) is 2. The minimum atomic E-state index is 0. The number of fused-ring (bicyclic) bond motifs is 8. The number of hydrogen-bond acceptors (Lipinski definition) is 2. The van der Waals surface area contributed by atoms with Crippen molar-refractivity contribution in [3.63, 3.8) is 0 Å². The number of aromatic nitrogens is 4. The van der Waals surface area contributed by atoms with E-state index in [9.17, 15) is 0 Å². The fourth-order valence-electron chi connectivity index (χ4n) is 2.94. The SMILES string of the molecule is C1=Cc2cc3ccc(cc4ccc(cc5nc(cc1n2)C=C5)[nH]4)[nH]3.O.O.O.O.[Zn]. The number of H-pyrrole nitrogens is 2. The molecule has 2 aliphatic heterocycles. The molecule has 0 radical (unpaired) electrons. The van der Waals surface area contributed by atoms with Crippen molar-refractivity contribution in [2.45, 2.75) is 0 Å². The molecule has 5 rings (SSSR count). The van der Waals surface area contributed by atoms with Crippen LogP contribution in [0.25, 0.3) is 46.4 Å². The first-order valence-corrected chi connectivity index (χ1v) is 7.85. The van der Waals surface area contributed by atoms with Crippen LogP contribution in [0.1, 0.15) is 22.8 Å². The van der Waals surface area contributed by atoms with E-state index in [0.29, 0.717) is 0 Å². The molecule has 0 unspecified atom stereocenters. The third-order valence-corrected chi connectivity index (χ3v) is 4.04. The van der Waals surface area contributed by atoms with Gasteiger partial charge in [-0.15, -0.1) is 0 Å². The van der Waals surface area contributed by atoms with Gasteiger partial charge in [-0.3, -0.25) is 0 Å². The van der Waals surface area contributed by atoms with Crippen LogP contribution in [-0.2, 0) is 19.5 Å². The van der Waals surface area contributed by atoms with Crippen LogP contribution in [0.4, 0.5) is 0 Å². The van der Waals surface area contributed by atoms with Crippen LogP contribution in [0.5, 0.6) is 0 Å². The molecule has 2 aliphatic rings. The van der Waals surface area contributed by atoms with Gasteiger partial charge in [0.1, 0.15) is 0 Å². The summed E-state index contributed by atoms with van der Waals surface area (Å²) in [6.45, 7) is 0. The molecule has 0 saturated heterocycles. The summed E-state index contributed by atoms with van der Waals surface area (Å²) >= 11 is 0. The average molecular weight is 448 g/mol. The van der Waals surface area contributed by atoms with Crippen LogP contribution < -0.4 is 0 Å². The van der Waals surface area contributed by atoms with E-state index in [1.54, 1.807) is 0 Å². The van der Waals surface area contributed by atoms with Crippen molar-refractivity contribution in [2.75, 3.05) is 0 Å². The van der Waals surface area contributed by atoms with Gasteiger partial charge >= 0.3 is 0 Å². The van der Waals surface area contributed by atoms with Gasteiger partial charge in [0.2, 0.25) is 0 Å². The zero-order valence-corrected chi connectivity index (χ0v) is 18.5. The smallest absolute Gasteiger partial charge is 0.0659 e. The molecule has 8 bridgehead atoms. The maximum atomic E-state index is 4.62. The van der Waals surface area contributed by atoms with Gasteiger partial charge < -0.3 is 31.9 Å². The summed E-state index contributed by atoms with van der Waals surface area (Å²) in [4.78, 5) is 16.0. The second-order valence-electron chi connectivity index (χ2n) is 5.91. The standard InChI is InChI=1S/C20H14N4.4H2O.Zn/c1-2-14-10-16-5-6-18(23-16)12-20-8-7-19(24-20)11-17-4-3-15(22-17)9-13(1)21-14;;;;;/h1-12,21-22H;4*1H2;. The normalized spacial score (nSPS) is 10.5. The number of hydrogen-bond donors (Lipinski definition) is 2. The Morgan fingerprint density at radius 3 is 1.14 bits per heavy atom. The van der Waals surface area contributed by atoms with Crippen molar-refractivity contribution < 1.29 is 41.4 Å². The molecular formula is C20H22N4O4Zn. The van der Waals surface area contributed by atoms with E-state index in [1.165, 1.54) is 0 Å². The van der Waals surface area contributed by atoms with Crippen molar-refractivity contribution in [1.29, 1.82) is 0 Å². The summed E-state index contributed by atoms with van der Waals surface area (Å²) < 4.78 is 0. The zero-order chi connectivity index (χ0) is 15.9. The minimum absolute atomic E-state index is 0. The molecule has 0 spiro atoms. The third kappa shape index (κ3) is 5.54. The predicted molar refractivity (Wildman–Crippen MR) is 113 cm³/mol. The van der Waals surface area contributed by atoms with Gasteiger partial charge in [-0.1, -0.05) is 0 Å². The zero-order valence-electron chi connectivity index (χ0n) is 15.5. The summed E-state index contributed by atoms with van der Waals surface area (Å²) in [5.41, 5.74) is 7.86. The van der Waals surface area contributed by atoms with Crippen LogP contribution in [-0.4, -0.2) is 41.8 Å². The van der Waals surface area contributed by atoms with Gasteiger partial charge in [-0.05, 0) is 72.8 Å². The first-order valence-electron chi connectivity index (χ1n) is 7.85. The molecule has 8 nitrogen and oxygen atoms in total. The molecule has 0 amide bonds. The Labute approximate surface area is 179 Å². The van der Waals surface area contributed by atoms with Gasteiger partial charge in [0.05, 0.1) is 22.8 Å². The van der Waals surface area contributed by atoms with Crippen molar-refractivity contribution >= 4 is 46.4 Å². The summed E-state index contributed by atoms with van der Waals surface area (Å²) in [5.74, 6) is 0. The van der Waals surface area contributed by atoms with E-state index in [2.05, 4.69) is 50.3 Å². The van der Waals surface area contributed by atoms with Gasteiger partial charge in [-0.25, -0.2) is 9.97 Å². The molecule has 9 heteroatoms. The van der Waals surface area contributed by atoms with E-state index in [1.807, 2.05) is 42.5 Å². The number of nitrogens with zero attached hydrogens (tertiary/aromatic N) is 2. The Balaban J connectivity index is 0.00000157.